The van der Waals surface area contributed by atoms with Crippen molar-refractivity contribution in [1.29, 1.82) is 0 Å². The molecule has 0 aliphatic carbocycles. The Morgan fingerprint density at radius 3 is 2.83 bits per heavy atom. The maximum absolute atomic E-state index is 12.0. The number of benzene rings is 1. The Labute approximate surface area is 109 Å². The molecule has 1 N–H and O–H groups in total. The van der Waals surface area contributed by atoms with Crippen LogP contribution in [-0.2, 0) is 4.79 Å². The van der Waals surface area contributed by atoms with Crippen molar-refractivity contribution in [2.24, 2.45) is 5.41 Å². The van der Waals surface area contributed by atoms with Gasteiger partial charge >= 0.3 is 0 Å². The van der Waals surface area contributed by atoms with Crippen LogP contribution in [0.3, 0.4) is 0 Å². The molecule has 98 valence electrons. The average Bonchev–Trinajstić information content (AvgIpc) is 2.27. The molecule has 0 saturated carbocycles. The molecule has 1 atom stereocenters. The Bertz CT molecular complexity index is 434. The van der Waals surface area contributed by atoms with Crippen LogP contribution >= 0.6 is 0 Å². The number of fused-ring (bicyclic) bond motifs is 1. The van der Waals surface area contributed by atoms with Gasteiger partial charge < -0.3 is 10.1 Å². The van der Waals surface area contributed by atoms with Gasteiger partial charge in [-0.25, -0.2) is 0 Å². The summed E-state index contributed by atoms with van der Waals surface area (Å²) in [6.07, 6.45) is 1.39. The first-order valence-corrected chi connectivity index (χ1v) is 6.47. The summed E-state index contributed by atoms with van der Waals surface area (Å²) in [7, 11) is 0. The molecule has 0 aromatic heterocycles. The van der Waals surface area contributed by atoms with Crippen LogP contribution in [0.5, 0.6) is 5.75 Å². The highest BCUT2D eigenvalue weighted by atomic mass is 16.5. The van der Waals surface area contributed by atoms with Gasteiger partial charge in [0.1, 0.15) is 5.75 Å². The van der Waals surface area contributed by atoms with Gasteiger partial charge in [-0.2, -0.15) is 0 Å². The van der Waals surface area contributed by atoms with E-state index in [2.05, 4.69) is 26.1 Å². The van der Waals surface area contributed by atoms with Gasteiger partial charge in [0.2, 0.25) is 5.91 Å². The molecule has 1 amide bonds. The molecule has 1 aromatic rings. The quantitative estimate of drug-likeness (QED) is 0.872. The molecule has 1 aromatic carbocycles. The summed E-state index contributed by atoms with van der Waals surface area (Å²) in [4.78, 5) is 12.0. The Balaban J connectivity index is 2.05. The third kappa shape index (κ3) is 3.25. The van der Waals surface area contributed by atoms with E-state index in [0.29, 0.717) is 13.0 Å². The molecule has 1 aliphatic heterocycles. The fourth-order valence-corrected chi connectivity index (χ4v) is 2.22. The Hall–Kier alpha value is -1.51. The third-order valence-electron chi connectivity index (χ3n) is 2.98. The summed E-state index contributed by atoms with van der Waals surface area (Å²) < 4.78 is 5.58. The molecular weight excluding hydrogens is 226 g/mol. The lowest BCUT2D eigenvalue weighted by molar-refractivity contribution is -0.123. The second-order valence-electron chi connectivity index (χ2n) is 6.03. The Morgan fingerprint density at radius 1 is 1.39 bits per heavy atom. The first kappa shape index (κ1) is 12.9. The number of ether oxygens (including phenoxy) is 1. The van der Waals surface area contributed by atoms with Gasteiger partial charge in [-0.3, -0.25) is 4.79 Å². The maximum atomic E-state index is 12.0. The van der Waals surface area contributed by atoms with Gasteiger partial charge in [0.15, 0.2) is 0 Å². The van der Waals surface area contributed by atoms with E-state index in [0.717, 1.165) is 17.7 Å². The number of carbonyl (C=O) groups excluding carboxylic acids is 1. The first-order chi connectivity index (χ1) is 8.46. The van der Waals surface area contributed by atoms with Crippen LogP contribution in [0.4, 0.5) is 0 Å². The molecule has 3 nitrogen and oxygen atoms in total. The number of nitrogens with one attached hydrogen (secondary N) is 1. The van der Waals surface area contributed by atoms with Crippen LogP contribution in [0, 0.1) is 5.41 Å². The third-order valence-corrected chi connectivity index (χ3v) is 2.98. The molecular formula is C15H21NO2. The molecule has 0 spiro atoms. The number of para-hydroxylation sites is 1. The predicted octanol–water partition coefficient (Wildman–Crippen LogP) is 3.06. The largest absolute Gasteiger partial charge is 0.493 e. The van der Waals surface area contributed by atoms with Crippen LogP contribution in [0.2, 0.25) is 0 Å². The molecule has 1 heterocycles. The van der Waals surface area contributed by atoms with E-state index in [9.17, 15) is 4.79 Å². The summed E-state index contributed by atoms with van der Waals surface area (Å²) >= 11 is 0. The summed E-state index contributed by atoms with van der Waals surface area (Å²) in [5, 5.41) is 3.11. The molecule has 0 radical (unpaired) electrons. The summed E-state index contributed by atoms with van der Waals surface area (Å²) in [6, 6.07) is 8.01. The highest BCUT2D eigenvalue weighted by Crippen LogP contribution is 2.31. The van der Waals surface area contributed by atoms with Crippen LogP contribution in [0.25, 0.3) is 0 Å². The van der Waals surface area contributed by atoms with Gasteiger partial charge in [-0.1, -0.05) is 39.0 Å². The van der Waals surface area contributed by atoms with Gasteiger partial charge in [0.05, 0.1) is 12.6 Å². The fraction of sp³-hybridized carbons (Fsp3) is 0.533. The van der Waals surface area contributed by atoms with Gasteiger partial charge in [-0.15, -0.1) is 0 Å². The van der Waals surface area contributed by atoms with Crippen LogP contribution in [0.15, 0.2) is 24.3 Å². The van der Waals surface area contributed by atoms with E-state index in [1.807, 2.05) is 24.3 Å². The summed E-state index contributed by atoms with van der Waals surface area (Å²) in [6.45, 7) is 6.89. The minimum atomic E-state index is 0.0226. The standard InChI is InChI=1S/C15H21NO2/c1-15(2,3)10-14(17)16-12-8-9-18-13-7-5-4-6-11(12)13/h4-7,12H,8-10H2,1-3H3,(H,16,17). The van der Waals surface area contributed by atoms with Crippen LogP contribution < -0.4 is 10.1 Å². The van der Waals surface area contributed by atoms with E-state index in [1.54, 1.807) is 0 Å². The lowest BCUT2D eigenvalue weighted by Crippen LogP contribution is -2.34. The Kier molecular flexibility index (Phi) is 3.60. The molecule has 0 fully saturated rings. The summed E-state index contributed by atoms with van der Waals surface area (Å²) in [5.41, 5.74) is 1.11. The second kappa shape index (κ2) is 5.01. The van der Waals surface area contributed by atoms with Crippen LogP contribution in [-0.4, -0.2) is 12.5 Å². The normalized spacial score (nSPS) is 18.7. The highest BCUT2D eigenvalue weighted by Gasteiger charge is 2.24. The van der Waals surface area contributed by atoms with E-state index in [1.165, 1.54) is 0 Å². The molecule has 1 aliphatic rings. The molecule has 3 heteroatoms. The zero-order valence-corrected chi connectivity index (χ0v) is 11.3. The lowest BCUT2D eigenvalue weighted by atomic mass is 9.91. The van der Waals surface area contributed by atoms with Gasteiger partial charge in [0.25, 0.3) is 0 Å². The van der Waals surface area contributed by atoms with Crippen molar-refractivity contribution in [3.63, 3.8) is 0 Å². The smallest absolute Gasteiger partial charge is 0.221 e. The zero-order chi connectivity index (χ0) is 13.2. The van der Waals surface area contributed by atoms with Crippen molar-refractivity contribution in [1.82, 2.24) is 5.32 Å². The molecule has 1 unspecified atom stereocenters. The molecule has 0 saturated heterocycles. The monoisotopic (exact) mass is 247 g/mol. The number of carbonyl (C=O) groups is 1. The van der Waals surface area contributed by atoms with Gasteiger partial charge in [-0.05, 0) is 11.5 Å². The van der Waals surface area contributed by atoms with Crippen molar-refractivity contribution in [3.05, 3.63) is 29.8 Å². The van der Waals surface area contributed by atoms with E-state index in [-0.39, 0.29) is 17.4 Å². The zero-order valence-electron chi connectivity index (χ0n) is 11.3. The maximum Gasteiger partial charge on any atom is 0.221 e. The fourth-order valence-electron chi connectivity index (χ4n) is 2.22. The number of rotatable bonds is 2. The number of hydrogen-bond acceptors (Lipinski definition) is 2. The number of hydrogen-bond donors (Lipinski definition) is 1. The number of amides is 1. The minimum Gasteiger partial charge on any atom is -0.493 e. The van der Waals surface area contributed by atoms with Crippen molar-refractivity contribution in [3.8, 4) is 5.75 Å². The van der Waals surface area contributed by atoms with E-state index in [4.69, 9.17) is 4.74 Å². The lowest BCUT2D eigenvalue weighted by Gasteiger charge is -2.28. The first-order valence-electron chi connectivity index (χ1n) is 6.47. The average molecular weight is 247 g/mol. The van der Waals surface area contributed by atoms with E-state index >= 15 is 0 Å². The summed E-state index contributed by atoms with van der Waals surface area (Å²) in [5.74, 6) is 1.01. The van der Waals surface area contributed by atoms with Crippen molar-refractivity contribution >= 4 is 5.91 Å². The predicted molar refractivity (Wildman–Crippen MR) is 71.5 cm³/mol. The minimum absolute atomic E-state index is 0.0226. The van der Waals surface area contributed by atoms with Crippen molar-refractivity contribution in [2.45, 2.75) is 39.7 Å². The second-order valence-corrected chi connectivity index (χ2v) is 6.03. The van der Waals surface area contributed by atoms with Crippen molar-refractivity contribution < 1.29 is 9.53 Å². The van der Waals surface area contributed by atoms with E-state index < -0.39 is 0 Å². The van der Waals surface area contributed by atoms with Crippen molar-refractivity contribution in [2.75, 3.05) is 6.61 Å². The molecule has 0 bridgehead atoms. The highest BCUT2D eigenvalue weighted by molar-refractivity contribution is 5.77. The van der Waals surface area contributed by atoms with Gasteiger partial charge in [0, 0.05) is 18.4 Å². The molecule has 18 heavy (non-hydrogen) atoms. The van der Waals surface area contributed by atoms with Crippen LogP contribution in [0.1, 0.15) is 45.2 Å². The molecule has 2 rings (SSSR count). The Morgan fingerprint density at radius 2 is 2.11 bits per heavy atom. The SMILES string of the molecule is CC(C)(C)CC(=O)NC1CCOc2ccccc21. The topological polar surface area (TPSA) is 38.3 Å².